The Bertz CT molecular complexity index is 969. The van der Waals surface area contributed by atoms with Crippen molar-refractivity contribution < 1.29 is 9.59 Å². The molecule has 0 aromatic carbocycles. The molecule has 2 amide bonds. The van der Waals surface area contributed by atoms with Crippen molar-refractivity contribution in [2.24, 2.45) is 0 Å². The Hall–Kier alpha value is -3.23. The lowest BCUT2D eigenvalue weighted by atomic mass is 10.1. The van der Waals surface area contributed by atoms with Crippen LogP contribution in [0.25, 0.3) is 0 Å². The van der Waals surface area contributed by atoms with Crippen LogP contribution < -0.4 is 10.2 Å². The van der Waals surface area contributed by atoms with Gasteiger partial charge >= 0.3 is 0 Å². The number of carbonyl (C=O) groups excluding carboxylic acids is 2. The summed E-state index contributed by atoms with van der Waals surface area (Å²) in [6.07, 6.45) is 12.0. The highest BCUT2D eigenvalue weighted by Crippen LogP contribution is 2.23. The third-order valence-electron chi connectivity index (χ3n) is 5.07. The Kier molecular flexibility index (Phi) is 4.81. The number of nitrogens with one attached hydrogen (secondary N) is 1. The van der Waals surface area contributed by atoms with Gasteiger partial charge in [-0.15, -0.1) is 5.10 Å². The molecule has 0 spiro atoms. The van der Waals surface area contributed by atoms with Gasteiger partial charge in [0.2, 0.25) is 5.82 Å². The van der Waals surface area contributed by atoms with E-state index in [-0.39, 0.29) is 11.7 Å². The largest absolute Gasteiger partial charge is 0.337 e. The van der Waals surface area contributed by atoms with Crippen LogP contribution in [0.4, 0.5) is 5.82 Å². The number of fused-ring (bicyclic) bond motifs is 1. The van der Waals surface area contributed by atoms with Crippen molar-refractivity contribution in [3.63, 3.8) is 0 Å². The van der Waals surface area contributed by atoms with Crippen LogP contribution in [-0.2, 0) is 17.9 Å². The highest BCUT2D eigenvalue weighted by Gasteiger charge is 2.31. The summed E-state index contributed by atoms with van der Waals surface area (Å²) in [6.45, 7) is 3.07. The van der Waals surface area contributed by atoms with E-state index in [2.05, 4.69) is 32.7 Å². The van der Waals surface area contributed by atoms with E-state index in [1.807, 2.05) is 13.0 Å². The van der Waals surface area contributed by atoms with Gasteiger partial charge in [0.15, 0.2) is 0 Å². The second kappa shape index (κ2) is 7.41. The average Bonchev–Trinajstić information content (AvgIpc) is 3.28. The Balaban J connectivity index is 1.43. The van der Waals surface area contributed by atoms with E-state index in [1.54, 1.807) is 33.8 Å². The minimum absolute atomic E-state index is 0.0700. The molecule has 0 radical (unpaired) electrons. The molecule has 9 heteroatoms. The van der Waals surface area contributed by atoms with E-state index in [4.69, 9.17) is 0 Å². The van der Waals surface area contributed by atoms with Gasteiger partial charge in [0.1, 0.15) is 18.2 Å². The molecule has 2 aromatic rings. The van der Waals surface area contributed by atoms with Gasteiger partial charge in [0, 0.05) is 19.2 Å². The fourth-order valence-electron chi connectivity index (χ4n) is 3.61. The summed E-state index contributed by atoms with van der Waals surface area (Å²) < 4.78 is 3.44. The molecule has 28 heavy (non-hydrogen) atoms. The van der Waals surface area contributed by atoms with Gasteiger partial charge in [-0.2, -0.15) is 5.10 Å². The molecule has 4 rings (SSSR count). The number of aromatic nitrogens is 5. The SMILES string of the molecule is Cc1cnn2c1N(C)C(=O)C(NC(=O)c1ncn(CC3=CC=CCC3)n1)CC2. The average molecular weight is 381 g/mol. The predicted octanol–water partition coefficient (Wildman–Crippen LogP) is 1.22. The molecule has 1 N–H and O–H groups in total. The summed E-state index contributed by atoms with van der Waals surface area (Å²) in [6, 6.07) is -0.642. The Morgan fingerprint density at radius 1 is 1.39 bits per heavy atom. The maximum Gasteiger partial charge on any atom is 0.291 e. The molecular weight excluding hydrogens is 358 g/mol. The standard InChI is InChI=1S/C19H23N7O2/c1-13-10-21-26-9-8-15(19(28)24(2)18(13)26)22-17(27)16-20-12-25(23-16)11-14-6-4-3-5-7-14/h3-4,6,10,12,15H,5,7-9,11H2,1-2H3,(H,22,27). The summed E-state index contributed by atoms with van der Waals surface area (Å²) in [5, 5.41) is 11.4. The number of amides is 2. The Morgan fingerprint density at radius 3 is 3.04 bits per heavy atom. The lowest BCUT2D eigenvalue weighted by molar-refractivity contribution is -0.120. The number of aryl methyl sites for hydroxylation is 2. The maximum atomic E-state index is 12.8. The molecule has 9 nitrogen and oxygen atoms in total. The Morgan fingerprint density at radius 2 is 2.25 bits per heavy atom. The fraction of sp³-hybridized carbons (Fsp3) is 0.421. The molecule has 0 saturated carbocycles. The summed E-state index contributed by atoms with van der Waals surface area (Å²) in [4.78, 5) is 31.1. The third-order valence-corrected chi connectivity index (χ3v) is 5.07. The van der Waals surface area contributed by atoms with Crippen LogP contribution in [0.5, 0.6) is 0 Å². The molecule has 2 aromatic heterocycles. The first-order chi connectivity index (χ1) is 13.5. The quantitative estimate of drug-likeness (QED) is 0.859. The number of anilines is 1. The first kappa shape index (κ1) is 18.1. The molecular formula is C19H23N7O2. The maximum absolute atomic E-state index is 12.8. The third kappa shape index (κ3) is 3.47. The van der Waals surface area contributed by atoms with Gasteiger partial charge in [-0.3, -0.25) is 14.5 Å². The van der Waals surface area contributed by atoms with Gasteiger partial charge in [0.05, 0.1) is 12.7 Å². The molecule has 1 atom stereocenters. The van der Waals surface area contributed by atoms with Gasteiger partial charge in [-0.1, -0.05) is 18.2 Å². The zero-order valence-electron chi connectivity index (χ0n) is 16.0. The van der Waals surface area contributed by atoms with Crippen LogP contribution in [0.15, 0.2) is 36.3 Å². The predicted molar refractivity (Wildman–Crippen MR) is 103 cm³/mol. The van der Waals surface area contributed by atoms with Crippen LogP contribution in [0.1, 0.15) is 35.4 Å². The lowest BCUT2D eigenvalue weighted by Crippen LogP contribution is -2.47. The van der Waals surface area contributed by atoms with E-state index in [9.17, 15) is 9.59 Å². The van der Waals surface area contributed by atoms with Crippen molar-refractivity contribution in [1.82, 2.24) is 29.9 Å². The normalized spacial score (nSPS) is 19.2. The fourth-order valence-corrected chi connectivity index (χ4v) is 3.61. The molecule has 1 aliphatic heterocycles. The van der Waals surface area contributed by atoms with E-state index < -0.39 is 11.9 Å². The van der Waals surface area contributed by atoms with E-state index >= 15 is 0 Å². The Labute approximate surface area is 162 Å². The van der Waals surface area contributed by atoms with Gasteiger partial charge < -0.3 is 5.32 Å². The number of carbonyl (C=O) groups is 2. The molecule has 3 heterocycles. The minimum atomic E-state index is -0.642. The zero-order chi connectivity index (χ0) is 19.7. The number of rotatable bonds is 4. The highest BCUT2D eigenvalue weighted by atomic mass is 16.2. The van der Waals surface area contributed by atoms with Crippen molar-refractivity contribution in [1.29, 1.82) is 0 Å². The molecule has 0 saturated heterocycles. The minimum Gasteiger partial charge on any atom is -0.337 e. The summed E-state index contributed by atoms with van der Waals surface area (Å²) in [5.74, 6) is 0.216. The molecule has 1 unspecified atom stereocenters. The summed E-state index contributed by atoms with van der Waals surface area (Å²) in [7, 11) is 1.70. The van der Waals surface area contributed by atoms with E-state index in [0.29, 0.717) is 19.5 Å². The van der Waals surface area contributed by atoms with Gasteiger partial charge in [-0.25, -0.2) is 14.3 Å². The second-order valence-corrected chi connectivity index (χ2v) is 7.14. The van der Waals surface area contributed by atoms with Crippen molar-refractivity contribution in [3.8, 4) is 0 Å². The van der Waals surface area contributed by atoms with Crippen LogP contribution in [0.2, 0.25) is 0 Å². The number of hydrogen-bond acceptors (Lipinski definition) is 5. The topological polar surface area (TPSA) is 97.9 Å². The monoisotopic (exact) mass is 381 g/mol. The van der Waals surface area contributed by atoms with Gasteiger partial charge in [0.25, 0.3) is 11.8 Å². The molecule has 0 bridgehead atoms. The molecule has 146 valence electrons. The van der Waals surface area contributed by atoms with E-state index in [0.717, 1.165) is 24.2 Å². The summed E-state index contributed by atoms with van der Waals surface area (Å²) in [5.41, 5.74) is 2.17. The summed E-state index contributed by atoms with van der Waals surface area (Å²) >= 11 is 0. The van der Waals surface area contributed by atoms with Crippen molar-refractivity contribution in [3.05, 3.63) is 47.7 Å². The van der Waals surface area contributed by atoms with Gasteiger partial charge in [-0.05, 0) is 31.8 Å². The molecule has 2 aliphatic rings. The van der Waals surface area contributed by atoms with Crippen LogP contribution in [0.3, 0.4) is 0 Å². The van der Waals surface area contributed by atoms with Crippen molar-refractivity contribution in [2.45, 2.75) is 45.3 Å². The zero-order valence-corrected chi connectivity index (χ0v) is 16.0. The first-order valence-corrected chi connectivity index (χ1v) is 9.38. The van der Waals surface area contributed by atoms with Crippen LogP contribution in [0, 0.1) is 6.92 Å². The molecule has 0 fully saturated rings. The molecule has 1 aliphatic carbocycles. The lowest BCUT2D eigenvalue weighted by Gasteiger charge is -2.20. The number of hydrogen-bond donors (Lipinski definition) is 1. The highest BCUT2D eigenvalue weighted by molar-refractivity contribution is 6.01. The smallest absolute Gasteiger partial charge is 0.291 e. The first-order valence-electron chi connectivity index (χ1n) is 9.38. The number of nitrogens with zero attached hydrogens (tertiary/aromatic N) is 6. The van der Waals surface area contributed by atoms with Crippen molar-refractivity contribution >= 4 is 17.6 Å². The van der Waals surface area contributed by atoms with Crippen LogP contribution in [-0.4, -0.2) is 49.4 Å². The van der Waals surface area contributed by atoms with Crippen molar-refractivity contribution in [2.75, 3.05) is 11.9 Å². The van der Waals surface area contributed by atoms with Crippen LogP contribution >= 0.6 is 0 Å². The number of likely N-dealkylation sites (N-methyl/N-ethyl adjacent to an activating group) is 1. The number of allylic oxidation sites excluding steroid dienone is 4. The second-order valence-electron chi connectivity index (χ2n) is 7.14. The van der Waals surface area contributed by atoms with E-state index in [1.165, 1.54) is 5.57 Å².